The lowest BCUT2D eigenvalue weighted by Crippen LogP contribution is -2.41. The maximum absolute atomic E-state index is 12.8. The minimum Gasteiger partial charge on any atom is -0.468 e. The van der Waals surface area contributed by atoms with E-state index in [1.165, 1.54) is 25.1 Å². The number of allylic oxidation sites excluding steroid dienone is 2. The molecule has 0 fully saturated rings. The summed E-state index contributed by atoms with van der Waals surface area (Å²) in [6, 6.07) is 5.57. The molecule has 0 aromatic carbocycles. The third kappa shape index (κ3) is 6.15. The Labute approximate surface area is 180 Å². The molecule has 0 aliphatic carbocycles. The van der Waals surface area contributed by atoms with E-state index in [-0.39, 0.29) is 30.4 Å². The van der Waals surface area contributed by atoms with Crippen LogP contribution in [0.5, 0.6) is 0 Å². The van der Waals surface area contributed by atoms with Gasteiger partial charge in [-0.05, 0) is 39.8 Å². The van der Waals surface area contributed by atoms with Gasteiger partial charge < -0.3 is 24.5 Å². The number of esters is 1. The minimum absolute atomic E-state index is 0.0944. The Morgan fingerprint density at radius 3 is 2.67 bits per heavy atom. The molecular weight excluding hydrogens is 406 g/mol. The zero-order chi connectivity index (χ0) is 22.3. The van der Waals surface area contributed by atoms with Crippen LogP contribution in [0.3, 0.4) is 0 Å². The summed E-state index contributed by atoms with van der Waals surface area (Å²) in [6.07, 6.45) is 1.49. The van der Waals surface area contributed by atoms with E-state index in [2.05, 4.69) is 16.7 Å². The molecule has 162 valence electrons. The van der Waals surface area contributed by atoms with Gasteiger partial charge in [0.1, 0.15) is 12.4 Å². The van der Waals surface area contributed by atoms with Gasteiger partial charge in [0, 0.05) is 18.3 Å². The fourth-order valence-electron chi connectivity index (χ4n) is 2.92. The van der Waals surface area contributed by atoms with E-state index in [1.54, 1.807) is 19.1 Å². The molecule has 2 rings (SSSR count). The number of hydrogen-bond donors (Lipinski definition) is 2. The monoisotopic (exact) mass is 433 g/mol. The number of dihydropyridines is 1. The van der Waals surface area contributed by atoms with Gasteiger partial charge in [0.05, 0.1) is 46.8 Å². The third-order valence-corrected chi connectivity index (χ3v) is 5.09. The molecule has 1 atom stereocenters. The lowest BCUT2D eigenvalue weighted by molar-refractivity contribution is -0.140. The van der Waals surface area contributed by atoms with Crippen LogP contribution in [0, 0.1) is 11.3 Å². The van der Waals surface area contributed by atoms with Crippen LogP contribution in [0.25, 0.3) is 0 Å². The molecule has 1 amide bonds. The highest BCUT2D eigenvalue weighted by molar-refractivity contribution is 8.03. The zero-order valence-corrected chi connectivity index (χ0v) is 18.6. The van der Waals surface area contributed by atoms with E-state index in [4.69, 9.17) is 13.9 Å². The highest BCUT2D eigenvalue weighted by Gasteiger charge is 2.37. The highest BCUT2D eigenvalue weighted by atomic mass is 32.2. The Balaban J connectivity index is 2.32. The standard InChI is InChI=1S/C21H27N3O5S/c1-13-17(20(26)29-10-9-27-5)18(15-7-6-8-28-15)14(11-22)19(23-13)30-12-16(25)24-21(2,3)4/h6-8,18,23H,9-10,12H2,1-5H3,(H,24,25)/t18-/m1/s1. The Morgan fingerprint density at radius 1 is 1.37 bits per heavy atom. The number of carbonyl (C=O) groups is 2. The number of nitriles is 1. The van der Waals surface area contributed by atoms with E-state index < -0.39 is 11.9 Å². The Morgan fingerprint density at radius 2 is 2.10 bits per heavy atom. The first kappa shape index (κ1) is 23.6. The van der Waals surface area contributed by atoms with Crippen LogP contribution < -0.4 is 10.6 Å². The van der Waals surface area contributed by atoms with Gasteiger partial charge in [0.15, 0.2) is 0 Å². The van der Waals surface area contributed by atoms with Crippen molar-refractivity contribution in [3.05, 3.63) is 46.0 Å². The van der Waals surface area contributed by atoms with Gasteiger partial charge >= 0.3 is 5.97 Å². The van der Waals surface area contributed by atoms with Crippen LogP contribution >= 0.6 is 11.8 Å². The second kappa shape index (κ2) is 10.4. The highest BCUT2D eigenvalue weighted by Crippen LogP contribution is 2.41. The van der Waals surface area contributed by atoms with Gasteiger partial charge in [-0.25, -0.2) is 4.79 Å². The molecule has 1 aliphatic rings. The molecule has 1 aromatic rings. The van der Waals surface area contributed by atoms with Crippen molar-refractivity contribution in [3.63, 3.8) is 0 Å². The molecule has 0 unspecified atom stereocenters. The summed E-state index contributed by atoms with van der Waals surface area (Å²) in [4.78, 5) is 25.0. The number of nitrogens with one attached hydrogen (secondary N) is 2. The molecule has 8 nitrogen and oxygen atoms in total. The number of amides is 1. The van der Waals surface area contributed by atoms with E-state index in [1.807, 2.05) is 20.8 Å². The van der Waals surface area contributed by atoms with Gasteiger partial charge in [0.2, 0.25) is 5.91 Å². The summed E-state index contributed by atoms with van der Waals surface area (Å²) < 4.78 is 15.7. The average Bonchev–Trinajstić information content (AvgIpc) is 3.18. The summed E-state index contributed by atoms with van der Waals surface area (Å²) >= 11 is 1.20. The fraction of sp³-hybridized carbons (Fsp3) is 0.476. The van der Waals surface area contributed by atoms with Crippen molar-refractivity contribution in [2.45, 2.75) is 39.2 Å². The van der Waals surface area contributed by atoms with Crippen LogP contribution in [0.15, 0.2) is 44.7 Å². The van der Waals surface area contributed by atoms with E-state index >= 15 is 0 Å². The van der Waals surface area contributed by atoms with Gasteiger partial charge in [-0.1, -0.05) is 11.8 Å². The van der Waals surface area contributed by atoms with Crippen LogP contribution in [-0.2, 0) is 19.1 Å². The van der Waals surface area contributed by atoms with Crippen LogP contribution in [0.4, 0.5) is 0 Å². The number of hydrogen-bond acceptors (Lipinski definition) is 8. The third-order valence-electron chi connectivity index (χ3n) is 4.08. The van der Waals surface area contributed by atoms with Gasteiger partial charge in [-0.2, -0.15) is 5.26 Å². The second-order valence-corrected chi connectivity index (χ2v) is 8.67. The number of rotatable bonds is 8. The van der Waals surface area contributed by atoms with E-state index in [9.17, 15) is 14.9 Å². The molecule has 9 heteroatoms. The Bertz CT molecular complexity index is 875. The molecule has 0 spiro atoms. The molecule has 2 heterocycles. The maximum Gasteiger partial charge on any atom is 0.336 e. The summed E-state index contributed by atoms with van der Waals surface area (Å²) in [7, 11) is 1.52. The molecule has 1 aromatic heterocycles. The van der Waals surface area contributed by atoms with Crippen molar-refractivity contribution in [1.29, 1.82) is 5.26 Å². The first-order valence-corrected chi connectivity index (χ1v) is 10.4. The Hall–Kier alpha value is -2.70. The van der Waals surface area contributed by atoms with E-state index in [0.29, 0.717) is 27.6 Å². The predicted molar refractivity (Wildman–Crippen MR) is 113 cm³/mol. The fourth-order valence-corrected chi connectivity index (χ4v) is 3.82. The number of nitrogens with zero attached hydrogens (tertiary/aromatic N) is 1. The normalized spacial score (nSPS) is 16.7. The van der Waals surface area contributed by atoms with Crippen molar-refractivity contribution in [2.75, 3.05) is 26.1 Å². The lowest BCUT2D eigenvalue weighted by Gasteiger charge is -2.28. The van der Waals surface area contributed by atoms with Crippen molar-refractivity contribution in [2.24, 2.45) is 0 Å². The predicted octanol–water partition coefficient (Wildman–Crippen LogP) is 2.81. The van der Waals surface area contributed by atoms with Crippen molar-refractivity contribution in [1.82, 2.24) is 10.6 Å². The van der Waals surface area contributed by atoms with Crippen molar-refractivity contribution in [3.8, 4) is 6.07 Å². The van der Waals surface area contributed by atoms with Crippen molar-refractivity contribution < 1.29 is 23.5 Å². The summed E-state index contributed by atoms with van der Waals surface area (Å²) in [6.45, 7) is 7.78. The lowest BCUT2D eigenvalue weighted by atomic mass is 9.86. The van der Waals surface area contributed by atoms with E-state index in [0.717, 1.165) is 0 Å². The minimum atomic E-state index is -0.727. The van der Waals surface area contributed by atoms with Gasteiger partial charge in [-0.3, -0.25) is 4.79 Å². The first-order valence-electron chi connectivity index (χ1n) is 9.43. The quantitative estimate of drug-likeness (QED) is 0.475. The molecule has 0 saturated heterocycles. The summed E-state index contributed by atoms with van der Waals surface area (Å²) in [5, 5.41) is 16.4. The maximum atomic E-state index is 12.8. The van der Waals surface area contributed by atoms with Crippen LogP contribution in [0.2, 0.25) is 0 Å². The smallest absolute Gasteiger partial charge is 0.336 e. The van der Waals surface area contributed by atoms with Crippen molar-refractivity contribution >= 4 is 23.6 Å². The molecule has 30 heavy (non-hydrogen) atoms. The van der Waals surface area contributed by atoms with Gasteiger partial charge in [0.25, 0.3) is 0 Å². The average molecular weight is 434 g/mol. The molecular formula is C21H27N3O5S. The first-order chi connectivity index (χ1) is 14.2. The molecule has 1 aliphatic heterocycles. The number of carbonyl (C=O) groups excluding carboxylic acids is 2. The number of furan rings is 1. The van der Waals surface area contributed by atoms with Gasteiger partial charge in [-0.15, -0.1) is 0 Å². The summed E-state index contributed by atoms with van der Waals surface area (Å²) in [5.41, 5.74) is 0.774. The molecule has 0 radical (unpaired) electrons. The Kier molecular flexibility index (Phi) is 8.15. The largest absolute Gasteiger partial charge is 0.468 e. The molecule has 0 saturated carbocycles. The molecule has 0 bridgehead atoms. The number of methoxy groups -OCH3 is 1. The SMILES string of the molecule is COCCOC(=O)C1=C(C)NC(SCC(=O)NC(C)(C)C)=C(C#N)[C@@H]1c1ccco1. The van der Waals surface area contributed by atoms with Crippen LogP contribution in [0.1, 0.15) is 39.4 Å². The summed E-state index contributed by atoms with van der Waals surface area (Å²) in [5.74, 6) is -0.866. The van der Waals surface area contributed by atoms with Crippen LogP contribution in [-0.4, -0.2) is 43.5 Å². The molecule has 2 N–H and O–H groups in total. The number of thioether (sulfide) groups is 1. The second-order valence-electron chi connectivity index (χ2n) is 7.68. The topological polar surface area (TPSA) is 114 Å². The zero-order valence-electron chi connectivity index (χ0n) is 17.8. The number of ether oxygens (including phenoxy) is 2.